The highest BCUT2D eigenvalue weighted by atomic mass is 32.2. The van der Waals surface area contributed by atoms with E-state index in [4.69, 9.17) is 0 Å². The van der Waals surface area contributed by atoms with E-state index in [1.54, 1.807) is 11.8 Å². The van der Waals surface area contributed by atoms with Crippen LogP contribution in [0.3, 0.4) is 0 Å². The van der Waals surface area contributed by atoms with Crippen molar-refractivity contribution in [2.24, 2.45) is 0 Å². The van der Waals surface area contributed by atoms with Gasteiger partial charge in [0.15, 0.2) is 0 Å². The fourth-order valence-electron chi connectivity index (χ4n) is 1.84. The van der Waals surface area contributed by atoms with Crippen LogP contribution in [0.1, 0.15) is 46.1 Å². The maximum Gasteiger partial charge on any atom is 0.233 e. The molecule has 0 fully saturated rings. The average molecular weight is 308 g/mol. The molecule has 0 spiro atoms. The Kier molecular flexibility index (Phi) is 8.47. The lowest BCUT2D eigenvalue weighted by molar-refractivity contribution is -0.120. The number of carbonyl (C=O) groups excluding carboxylic acids is 1. The van der Waals surface area contributed by atoms with Gasteiger partial charge in [0.25, 0.3) is 0 Å². The van der Waals surface area contributed by atoms with E-state index < -0.39 is 0 Å². The van der Waals surface area contributed by atoms with E-state index in [9.17, 15) is 4.79 Å². The van der Waals surface area contributed by atoms with Crippen LogP contribution in [0.4, 0.5) is 0 Å². The molecule has 2 N–H and O–H groups in total. The molecule has 0 heterocycles. The van der Waals surface area contributed by atoms with Crippen LogP contribution in [0.5, 0.6) is 0 Å². The number of thioether (sulfide) groups is 1. The summed E-state index contributed by atoms with van der Waals surface area (Å²) < 4.78 is 0. The van der Waals surface area contributed by atoms with E-state index in [0.717, 1.165) is 30.8 Å². The Balaban J connectivity index is 2.49. The number of nitrogens with one attached hydrogen (secondary N) is 2. The number of hydrogen-bond acceptors (Lipinski definition) is 3. The second-order valence-corrected chi connectivity index (χ2v) is 7.00. The van der Waals surface area contributed by atoms with E-state index in [-0.39, 0.29) is 11.2 Å². The lowest BCUT2D eigenvalue weighted by atomic mass is 10.2. The molecule has 1 atom stereocenters. The lowest BCUT2D eigenvalue weighted by Gasteiger charge is -2.13. The van der Waals surface area contributed by atoms with Gasteiger partial charge >= 0.3 is 0 Å². The fraction of sp³-hybridized carbons (Fsp3) is 0.588. The summed E-state index contributed by atoms with van der Waals surface area (Å²) in [7, 11) is 0. The second-order valence-electron chi connectivity index (χ2n) is 5.59. The Morgan fingerprint density at radius 3 is 2.71 bits per heavy atom. The van der Waals surface area contributed by atoms with Crippen LogP contribution in [0.25, 0.3) is 0 Å². The average Bonchev–Trinajstić information content (AvgIpc) is 2.45. The van der Waals surface area contributed by atoms with Gasteiger partial charge in [0.05, 0.1) is 5.25 Å². The third-order valence-corrected chi connectivity index (χ3v) is 4.22. The maximum atomic E-state index is 12.0. The molecule has 21 heavy (non-hydrogen) atoms. The minimum Gasteiger partial charge on any atom is -0.355 e. The van der Waals surface area contributed by atoms with Gasteiger partial charge in [-0.2, -0.15) is 0 Å². The summed E-state index contributed by atoms with van der Waals surface area (Å²) in [5, 5.41) is 6.34. The molecule has 1 aromatic rings. The number of rotatable bonds is 9. The highest BCUT2D eigenvalue weighted by molar-refractivity contribution is 8.00. The van der Waals surface area contributed by atoms with Crippen molar-refractivity contribution in [2.75, 3.05) is 6.54 Å². The third-order valence-electron chi connectivity index (χ3n) is 3.12. The molecular formula is C17H28N2OS. The lowest BCUT2D eigenvalue weighted by Crippen LogP contribution is -2.31. The topological polar surface area (TPSA) is 41.1 Å². The Hall–Kier alpha value is -1.00. The zero-order valence-corrected chi connectivity index (χ0v) is 14.4. The monoisotopic (exact) mass is 308 g/mol. The Bertz CT molecular complexity index is 435. The molecule has 0 bridgehead atoms. The van der Waals surface area contributed by atoms with Crippen molar-refractivity contribution < 1.29 is 4.79 Å². The van der Waals surface area contributed by atoms with Crippen molar-refractivity contribution in [1.29, 1.82) is 0 Å². The highest BCUT2D eigenvalue weighted by Crippen LogP contribution is 2.24. The fourth-order valence-corrected chi connectivity index (χ4v) is 2.82. The molecule has 3 nitrogen and oxygen atoms in total. The van der Waals surface area contributed by atoms with Crippen molar-refractivity contribution in [3.63, 3.8) is 0 Å². The summed E-state index contributed by atoms with van der Waals surface area (Å²) in [5.41, 5.74) is 1.26. The number of benzene rings is 1. The molecular weight excluding hydrogens is 280 g/mol. The summed E-state index contributed by atoms with van der Waals surface area (Å²) in [6.45, 7) is 10.0. The first-order chi connectivity index (χ1) is 10.0. The molecule has 0 aliphatic carbocycles. The maximum absolute atomic E-state index is 12.0. The van der Waals surface area contributed by atoms with Crippen molar-refractivity contribution in [2.45, 2.75) is 63.3 Å². The van der Waals surface area contributed by atoms with E-state index in [1.807, 2.05) is 6.92 Å². The molecule has 0 aliphatic rings. The van der Waals surface area contributed by atoms with E-state index in [1.165, 1.54) is 5.56 Å². The smallest absolute Gasteiger partial charge is 0.233 e. The van der Waals surface area contributed by atoms with Gasteiger partial charge < -0.3 is 10.6 Å². The van der Waals surface area contributed by atoms with Crippen LogP contribution in [0.15, 0.2) is 29.2 Å². The molecule has 4 heteroatoms. The predicted octanol–water partition coefficient (Wildman–Crippen LogP) is 3.58. The zero-order valence-electron chi connectivity index (χ0n) is 13.6. The number of unbranched alkanes of at least 4 members (excludes halogenated alkanes) is 1. The Labute approximate surface area is 133 Å². The molecule has 0 saturated carbocycles. The number of carbonyl (C=O) groups is 1. The Morgan fingerprint density at radius 2 is 2.05 bits per heavy atom. The normalized spacial score (nSPS) is 12.4. The summed E-state index contributed by atoms with van der Waals surface area (Å²) in [6, 6.07) is 8.88. The highest BCUT2D eigenvalue weighted by Gasteiger charge is 2.13. The molecule has 118 valence electrons. The van der Waals surface area contributed by atoms with Crippen molar-refractivity contribution >= 4 is 17.7 Å². The van der Waals surface area contributed by atoms with Gasteiger partial charge in [-0.3, -0.25) is 4.79 Å². The molecule has 0 aliphatic heterocycles. The SMILES string of the molecule is CCCCNC(=O)C(C)Sc1cccc(CNC(C)C)c1. The first-order valence-corrected chi connectivity index (χ1v) is 8.67. The molecule has 0 aromatic heterocycles. The van der Waals surface area contributed by atoms with Crippen molar-refractivity contribution in [3.8, 4) is 0 Å². The zero-order chi connectivity index (χ0) is 15.7. The summed E-state index contributed by atoms with van der Waals surface area (Å²) in [5.74, 6) is 0.124. The number of amides is 1. The largest absolute Gasteiger partial charge is 0.355 e. The van der Waals surface area contributed by atoms with Crippen LogP contribution in [-0.4, -0.2) is 23.7 Å². The molecule has 0 radical (unpaired) electrons. The van der Waals surface area contributed by atoms with Gasteiger partial charge in [-0.05, 0) is 31.0 Å². The van der Waals surface area contributed by atoms with Gasteiger partial charge in [-0.15, -0.1) is 11.8 Å². The molecule has 0 saturated heterocycles. The van der Waals surface area contributed by atoms with Crippen LogP contribution in [0.2, 0.25) is 0 Å². The summed E-state index contributed by atoms with van der Waals surface area (Å²) in [6.07, 6.45) is 2.15. The molecule has 1 unspecified atom stereocenters. The summed E-state index contributed by atoms with van der Waals surface area (Å²) >= 11 is 1.62. The van der Waals surface area contributed by atoms with E-state index >= 15 is 0 Å². The van der Waals surface area contributed by atoms with Gasteiger partial charge in [-0.25, -0.2) is 0 Å². The van der Waals surface area contributed by atoms with Crippen LogP contribution >= 0.6 is 11.8 Å². The number of hydrogen-bond donors (Lipinski definition) is 2. The quantitative estimate of drug-likeness (QED) is 0.541. The van der Waals surface area contributed by atoms with Gasteiger partial charge in [0.1, 0.15) is 0 Å². The molecule has 1 aromatic carbocycles. The third kappa shape index (κ3) is 7.53. The van der Waals surface area contributed by atoms with E-state index in [2.05, 4.69) is 55.7 Å². The van der Waals surface area contributed by atoms with Crippen molar-refractivity contribution in [1.82, 2.24) is 10.6 Å². The predicted molar refractivity (Wildman–Crippen MR) is 91.7 cm³/mol. The van der Waals surface area contributed by atoms with Gasteiger partial charge in [0.2, 0.25) is 5.91 Å². The minimum atomic E-state index is -0.0600. The van der Waals surface area contributed by atoms with Crippen LogP contribution in [0, 0.1) is 0 Å². The minimum absolute atomic E-state index is 0.0600. The second kappa shape index (κ2) is 9.85. The van der Waals surface area contributed by atoms with Crippen LogP contribution in [-0.2, 0) is 11.3 Å². The first kappa shape index (κ1) is 18.1. The van der Waals surface area contributed by atoms with Gasteiger partial charge in [0, 0.05) is 24.0 Å². The summed E-state index contributed by atoms with van der Waals surface area (Å²) in [4.78, 5) is 13.1. The molecule has 1 rings (SSSR count). The van der Waals surface area contributed by atoms with Crippen molar-refractivity contribution in [3.05, 3.63) is 29.8 Å². The van der Waals surface area contributed by atoms with Crippen LogP contribution < -0.4 is 10.6 Å². The Morgan fingerprint density at radius 1 is 1.29 bits per heavy atom. The van der Waals surface area contributed by atoms with Gasteiger partial charge in [-0.1, -0.05) is 39.3 Å². The molecule has 1 amide bonds. The standard InChI is InChI=1S/C17H28N2OS/c1-5-6-10-18-17(20)14(4)21-16-9-7-8-15(11-16)12-19-13(2)3/h7-9,11,13-14,19H,5-6,10,12H2,1-4H3,(H,18,20). The van der Waals surface area contributed by atoms with E-state index in [0.29, 0.717) is 6.04 Å². The first-order valence-electron chi connectivity index (χ1n) is 7.79.